The van der Waals surface area contributed by atoms with Crippen molar-refractivity contribution >= 4 is 17.9 Å². The molecule has 0 aliphatic carbocycles. The number of nitrogens with one attached hydrogen (secondary N) is 1. The molecular weight excluding hydrogens is 264 g/mol. The Morgan fingerprint density at radius 3 is 2.45 bits per heavy atom. The van der Waals surface area contributed by atoms with Gasteiger partial charge in [0.15, 0.2) is 6.10 Å². The third-order valence-electron chi connectivity index (χ3n) is 2.43. The Labute approximate surface area is 115 Å². The summed E-state index contributed by atoms with van der Waals surface area (Å²) in [6, 6.07) is 4.50. The number of carbonyl (C=O) groups is 3. The van der Waals surface area contributed by atoms with Gasteiger partial charge < -0.3 is 15.6 Å². The predicted octanol–water partition coefficient (Wildman–Crippen LogP) is 0.768. The second-order valence-electron chi connectivity index (χ2n) is 4.47. The normalized spacial score (nSPS) is 11.8. The standard InChI is InChI=1S/C13H16N2O5/c1-7(2)10(11(17)15-13(14)19)20-12(18)8-4-3-5-9(16)6-8/h3-7,10,16H,1-2H3,(H3,14,15,17,19). The van der Waals surface area contributed by atoms with E-state index in [4.69, 9.17) is 10.5 Å². The van der Waals surface area contributed by atoms with Gasteiger partial charge in [-0.3, -0.25) is 10.1 Å². The van der Waals surface area contributed by atoms with Gasteiger partial charge in [0, 0.05) is 0 Å². The number of esters is 1. The maximum atomic E-state index is 11.9. The number of rotatable bonds is 4. The molecule has 3 amide bonds. The van der Waals surface area contributed by atoms with Gasteiger partial charge in [0.1, 0.15) is 5.75 Å². The quantitative estimate of drug-likeness (QED) is 0.704. The molecule has 0 heterocycles. The molecule has 4 N–H and O–H groups in total. The summed E-state index contributed by atoms with van der Waals surface area (Å²) < 4.78 is 5.05. The molecular formula is C13H16N2O5. The van der Waals surface area contributed by atoms with Crippen molar-refractivity contribution in [1.29, 1.82) is 0 Å². The van der Waals surface area contributed by atoms with Crippen LogP contribution in [0.2, 0.25) is 0 Å². The van der Waals surface area contributed by atoms with Crippen molar-refractivity contribution in [3.63, 3.8) is 0 Å². The van der Waals surface area contributed by atoms with Crippen LogP contribution in [0, 0.1) is 5.92 Å². The highest BCUT2D eigenvalue weighted by Crippen LogP contribution is 2.15. The molecule has 0 saturated heterocycles. The SMILES string of the molecule is CC(C)C(OC(=O)c1cccc(O)c1)C(=O)NC(N)=O. The lowest BCUT2D eigenvalue weighted by molar-refractivity contribution is -0.130. The Morgan fingerprint density at radius 1 is 1.30 bits per heavy atom. The Morgan fingerprint density at radius 2 is 1.95 bits per heavy atom. The smallest absolute Gasteiger partial charge is 0.339 e. The summed E-state index contributed by atoms with van der Waals surface area (Å²) in [6.45, 7) is 3.31. The first-order chi connectivity index (χ1) is 9.31. The number of ether oxygens (including phenoxy) is 1. The number of phenols is 1. The lowest BCUT2D eigenvalue weighted by Crippen LogP contribution is -2.45. The highest BCUT2D eigenvalue weighted by Gasteiger charge is 2.27. The topological polar surface area (TPSA) is 119 Å². The molecule has 1 aromatic carbocycles. The number of carbonyl (C=O) groups excluding carboxylic acids is 3. The van der Waals surface area contributed by atoms with Crippen LogP contribution in [-0.4, -0.2) is 29.1 Å². The monoisotopic (exact) mass is 280 g/mol. The van der Waals surface area contributed by atoms with E-state index in [-0.39, 0.29) is 17.2 Å². The number of primary amides is 1. The number of nitrogens with two attached hydrogens (primary N) is 1. The summed E-state index contributed by atoms with van der Waals surface area (Å²) in [5.41, 5.74) is 4.95. The summed E-state index contributed by atoms with van der Waals surface area (Å²) in [7, 11) is 0. The van der Waals surface area contributed by atoms with Gasteiger partial charge in [0.05, 0.1) is 5.56 Å². The number of hydrogen-bond acceptors (Lipinski definition) is 5. The van der Waals surface area contributed by atoms with E-state index in [1.807, 2.05) is 5.32 Å². The van der Waals surface area contributed by atoms with E-state index in [0.717, 1.165) is 0 Å². The zero-order valence-corrected chi connectivity index (χ0v) is 11.1. The maximum absolute atomic E-state index is 11.9. The highest BCUT2D eigenvalue weighted by molar-refractivity contribution is 5.98. The van der Waals surface area contributed by atoms with Crippen molar-refractivity contribution in [2.24, 2.45) is 11.7 Å². The van der Waals surface area contributed by atoms with Gasteiger partial charge >= 0.3 is 12.0 Å². The van der Waals surface area contributed by atoms with Crippen LogP contribution < -0.4 is 11.1 Å². The van der Waals surface area contributed by atoms with E-state index in [1.165, 1.54) is 24.3 Å². The van der Waals surface area contributed by atoms with Gasteiger partial charge in [-0.05, 0) is 24.1 Å². The van der Waals surface area contributed by atoms with Gasteiger partial charge in [-0.2, -0.15) is 0 Å². The summed E-state index contributed by atoms with van der Waals surface area (Å²) in [6.07, 6.45) is -1.16. The van der Waals surface area contributed by atoms with E-state index in [1.54, 1.807) is 13.8 Å². The van der Waals surface area contributed by atoms with Gasteiger partial charge in [-0.1, -0.05) is 19.9 Å². The molecule has 1 aromatic rings. The third-order valence-corrected chi connectivity index (χ3v) is 2.43. The molecule has 7 nitrogen and oxygen atoms in total. The van der Waals surface area contributed by atoms with Crippen molar-refractivity contribution in [3.05, 3.63) is 29.8 Å². The van der Waals surface area contributed by atoms with Crippen LogP contribution in [0.1, 0.15) is 24.2 Å². The van der Waals surface area contributed by atoms with Gasteiger partial charge in [-0.15, -0.1) is 0 Å². The minimum Gasteiger partial charge on any atom is -0.508 e. The Balaban J connectivity index is 2.83. The Kier molecular flexibility index (Phi) is 5.08. The van der Waals surface area contributed by atoms with Crippen LogP contribution in [-0.2, 0) is 9.53 Å². The highest BCUT2D eigenvalue weighted by atomic mass is 16.5. The fourth-order valence-electron chi connectivity index (χ4n) is 1.50. The number of hydrogen-bond donors (Lipinski definition) is 3. The maximum Gasteiger partial charge on any atom is 0.339 e. The number of urea groups is 1. The molecule has 0 aliphatic heterocycles. The largest absolute Gasteiger partial charge is 0.508 e. The van der Waals surface area contributed by atoms with E-state index < -0.39 is 24.0 Å². The molecule has 0 aliphatic rings. The fourth-order valence-corrected chi connectivity index (χ4v) is 1.50. The van der Waals surface area contributed by atoms with Crippen molar-refractivity contribution in [2.45, 2.75) is 20.0 Å². The zero-order valence-electron chi connectivity index (χ0n) is 11.1. The van der Waals surface area contributed by atoms with Crippen LogP contribution in [0.5, 0.6) is 5.75 Å². The number of phenolic OH excluding ortho intramolecular Hbond substituents is 1. The van der Waals surface area contributed by atoms with E-state index in [2.05, 4.69) is 0 Å². The molecule has 20 heavy (non-hydrogen) atoms. The lowest BCUT2D eigenvalue weighted by atomic mass is 10.1. The van der Waals surface area contributed by atoms with Gasteiger partial charge in [-0.25, -0.2) is 9.59 Å². The lowest BCUT2D eigenvalue weighted by Gasteiger charge is -2.19. The van der Waals surface area contributed by atoms with Gasteiger partial charge in [0.25, 0.3) is 5.91 Å². The van der Waals surface area contributed by atoms with Gasteiger partial charge in [0.2, 0.25) is 0 Å². The first kappa shape index (κ1) is 15.5. The minimum atomic E-state index is -1.16. The van der Waals surface area contributed by atoms with E-state index in [9.17, 15) is 19.5 Å². The third kappa shape index (κ3) is 4.27. The van der Waals surface area contributed by atoms with Crippen molar-refractivity contribution < 1.29 is 24.2 Å². The zero-order chi connectivity index (χ0) is 15.3. The van der Waals surface area contributed by atoms with Crippen LogP contribution in [0.3, 0.4) is 0 Å². The number of imide groups is 1. The van der Waals surface area contributed by atoms with Crippen LogP contribution in [0.15, 0.2) is 24.3 Å². The fraction of sp³-hybridized carbons (Fsp3) is 0.308. The Hall–Kier alpha value is -2.57. The first-order valence-corrected chi connectivity index (χ1v) is 5.91. The Bertz CT molecular complexity index is 527. The summed E-state index contributed by atoms with van der Waals surface area (Å²) in [5.74, 6) is -2.02. The summed E-state index contributed by atoms with van der Waals surface area (Å²) in [4.78, 5) is 34.2. The molecule has 1 unspecified atom stereocenters. The molecule has 108 valence electrons. The second kappa shape index (κ2) is 6.55. The van der Waals surface area contributed by atoms with Crippen LogP contribution in [0.25, 0.3) is 0 Å². The molecule has 0 aromatic heterocycles. The molecule has 1 rings (SSSR count). The second-order valence-corrected chi connectivity index (χ2v) is 4.47. The average Bonchev–Trinajstić information content (AvgIpc) is 2.34. The molecule has 0 radical (unpaired) electrons. The predicted molar refractivity (Wildman–Crippen MR) is 69.9 cm³/mol. The van der Waals surface area contributed by atoms with Crippen LogP contribution in [0.4, 0.5) is 4.79 Å². The molecule has 0 fully saturated rings. The number of benzene rings is 1. The van der Waals surface area contributed by atoms with E-state index in [0.29, 0.717) is 0 Å². The van der Waals surface area contributed by atoms with Crippen molar-refractivity contribution in [1.82, 2.24) is 5.32 Å². The molecule has 7 heteroatoms. The average molecular weight is 280 g/mol. The first-order valence-electron chi connectivity index (χ1n) is 5.91. The van der Waals surface area contributed by atoms with Crippen LogP contribution >= 0.6 is 0 Å². The molecule has 1 atom stereocenters. The van der Waals surface area contributed by atoms with E-state index >= 15 is 0 Å². The van der Waals surface area contributed by atoms with Crippen molar-refractivity contribution in [3.8, 4) is 5.75 Å². The minimum absolute atomic E-state index is 0.0952. The summed E-state index contributed by atoms with van der Waals surface area (Å²) >= 11 is 0. The number of amides is 3. The molecule has 0 spiro atoms. The van der Waals surface area contributed by atoms with Crippen molar-refractivity contribution in [2.75, 3.05) is 0 Å². The summed E-state index contributed by atoms with van der Waals surface area (Å²) in [5, 5.41) is 11.2. The number of aromatic hydroxyl groups is 1. The molecule has 0 saturated carbocycles. The molecule has 0 bridgehead atoms.